The second-order valence-corrected chi connectivity index (χ2v) is 4.49. The minimum absolute atomic E-state index is 0.391. The molecule has 0 aliphatic carbocycles. The molecule has 0 radical (unpaired) electrons. The van der Waals surface area contributed by atoms with Crippen molar-refractivity contribution >= 4 is 17.6 Å². The Balaban J connectivity index is 3.06. The van der Waals surface area contributed by atoms with E-state index in [1.54, 1.807) is 0 Å². The van der Waals surface area contributed by atoms with Crippen LogP contribution >= 0.6 is 11.6 Å². The van der Waals surface area contributed by atoms with E-state index in [4.69, 9.17) is 17.3 Å². The Morgan fingerprint density at radius 3 is 2.53 bits per heavy atom. The van der Waals surface area contributed by atoms with Crippen LogP contribution in [0.1, 0.15) is 36.9 Å². The molecular weight excluding hydrogens is 281 g/mol. The number of rotatable bonds is 4. The number of amides is 2. The number of nitrogens with two attached hydrogens (primary N) is 1. The third kappa shape index (κ3) is 4.31. The number of nitrogens with one attached hydrogen (secondary N) is 1. The molecule has 0 fully saturated rings. The van der Waals surface area contributed by atoms with Crippen molar-refractivity contribution in [3.63, 3.8) is 0 Å². The van der Waals surface area contributed by atoms with E-state index in [9.17, 15) is 18.0 Å². The SMILES string of the molecule is CCCC(NC(N)=O)c1ccc(C(F)(F)F)c(Cl)c1. The highest BCUT2D eigenvalue weighted by molar-refractivity contribution is 6.31. The number of carbonyl (C=O) groups is 1. The summed E-state index contributed by atoms with van der Waals surface area (Å²) >= 11 is 5.63. The summed E-state index contributed by atoms with van der Waals surface area (Å²) in [5, 5.41) is 2.09. The molecule has 0 aliphatic heterocycles. The molecular formula is C12H14ClF3N2O. The van der Waals surface area contributed by atoms with Crippen molar-refractivity contribution in [1.82, 2.24) is 5.32 Å². The Morgan fingerprint density at radius 1 is 1.47 bits per heavy atom. The molecule has 0 heterocycles. The fourth-order valence-corrected chi connectivity index (χ4v) is 2.06. The minimum Gasteiger partial charge on any atom is -0.352 e. The number of carbonyl (C=O) groups excluding carboxylic acids is 1. The third-order valence-corrected chi connectivity index (χ3v) is 2.91. The van der Waals surface area contributed by atoms with Crippen molar-refractivity contribution in [1.29, 1.82) is 0 Å². The quantitative estimate of drug-likeness (QED) is 0.870. The van der Waals surface area contributed by atoms with Gasteiger partial charge in [-0.2, -0.15) is 13.2 Å². The second-order valence-electron chi connectivity index (χ2n) is 4.09. The lowest BCUT2D eigenvalue weighted by Gasteiger charge is -2.18. The monoisotopic (exact) mass is 294 g/mol. The van der Waals surface area contributed by atoms with E-state index in [1.165, 1.54) is 12.1 Å². The first-order chi connectivity index (χ1) is 8.75. The highest BCUT2D eigenvalue weighted by atomic mass is 35.5. The van der Waals surface area contributed by atoms with Gasteiger partial charge in [0, 0.05) is 0 Å². The maximum absolute atomic E-state index is 12.6. The standard InChI is InChI=1S/C12H14ClF3N2O/c1-2-3-10(18-11(17)19)7-4-5-8(9(13)6-7)12(14,15)16/h4-6,10H,2-3H2,1H3,(H3,17,18,19). The molecule has 0 aliphatic rings. The van der Waals surface area contributed by atoms with Crippen molar-refractivity contribution in [2.45, 2.75) is 32.0 Å². The van der Waals surface area contributed by atoms with Crippen LogP contribution < -0.4 is 11.1 Å². The van der Waals surface area contributed by atoms with Gasteiger partial charge in [-0.1, -0.05) is 31.0 Å². The van der Waals surface area contributed by atoms with E-state index in [0.29, 0.717) is 12.0 Å². The van der Waals surface area contributed by atoms with Gasteiger partial charge in [-0.15, -0.1) is 0 Å². The van der Waals surface area contributed by atoms with Crippen molar-refractivity contribution in [3.8, 4) is 0 Å². The summed E-state index contributed by atoms with van der Waals surface area (Å²) in [6.07, 6.45) is -3.19. The van der Waals surface area contributed by atoms with Crippen LogP contribution in [-0.4, -0.2) is 6.03 Å². The molecule has 1 unspecified atom stereocenters. The van der Waals surface area contributed by atoms with Crippen LogP contribution in [0.25, 0.3) is 0 Å². The number of primary amides is 1. The molecule has 1 aromatic rings. The molecule has 2 amide bonds. The number of benzene rings is 1. The Bertz CT molecular complexity index is 463. The summed E-state index contributed by atoms with van der Waals surface area (Å²) in [4.78, 5) is 10.9. The van der Waals surface area contributed by atoms with Crippen LogP contribution in [-0.2, 0) is 6.18 Å². The first-order valence-corrected chi connectivity index (χ1v) is 6.06. The van der Waals surface area contributed by atoms with Crippen LogP contribution in [0.5, 0.6) is 0 Å². The summed E-state index contributed by atoms with van der Waals surface area (Å²) < 4.78 is 37.7. The number of hydrogen-bond acceptors (Lipinski definition) is 1. The maximum Gasteiger partial charge on any atom is 0.417 e. The summed E-state index contributed by atoms with van der Waals surface area (Å²) in [5.74, 6) is 0. The van der Waals surface area contributed by atoms with Gasteiger partial charge >= 0.3 is 12.2 Å². The molecule has 106 valence electrons. The van der Waals surface area contributed by atoms with E-state index in [1.807, 2.05) is 6.92 Å². The lowest BCUT2D eigenvalue weighted by atomic mass is 10.0. The zero-order chi connectivity index (χ0) is 14.6. The van der Waals surface area contributed by atoms with Gasteiger partial charge in [0.05, 0.1) is 16.6 Å². The van der Waals surface area contributed by atoms with Crippen molar-refractivity contribution < 1.29 is 18.0 Å². The Labute approximate surface area is 113 Å². The van der Waals surface area contributed by atoms with Crippen LogP contribution in [0.2, 0.25) is 5.02 Å². The van der Waals surface area contributed by atoms with E-state index in [0.717, 1.165) is 12.5 Å². The number of urea groups is 1. The van der Waals surface area contributed by atoms with Gasteiger partial charge in [-0.25, -0.2) is 4.79 Å². The van der Waals surface area contributed by atoms with Gasteiger partial charge in [0.2, 0.25) is 0 Å². The number of alkyl halides is 3. The van der Waals surface area contributed by atoms with Crippen molar-refractivity contribution in [2.75, 3.05) is 0 Å². The molecule has 7 heteroatoms. The first-order valence-electron chi connectivity index (χ1n) is 5.68. The van der Waals surface area contributed by atoms with Crippen molar-refractivity contribution in [3.05, 3.63) is 34.3 Å². The molecule has 0 bridgehead atoms. The molecule has 0 aromatic heterocycles. The van der Waals surface area contributed by atoms with Crippen LogP contribution in [0.15, 0.2) is 18.2 Å². The lowest BCUT2D eigenvalue weighted by molar-refractivity contribution is -0.137. The summed E-state index contributed by atoms with van der Waals surface area (Å²) in [7, 11) is 0. The van der Waals surface area contributed by atoms with E-state index < -0.39 is 28.8 Å². The summed E-state index contributed by atoms with van der Waals surface area (Å²) in [6, 6.07) is 2.24. The normalized spacial score (nSPS) is 13.1. The highest BCUT2D eigenvalue weighted by Crippen LogP contribution is 2.36. The average Bonchev–Trinajstić information content (AvgIpc) is 2.26. The molecule has 0 spiro atoms. The van der Waals surface area contributed by atoms with Crippen LogP contribution in [0.4, 0.5) is 18.0 Å². The van der Waals surface area contributed by atoms with E-state index >= 15 is 0 Å². The molecule has 3 nitrogen and oxygen atoms in total. The van der Waals surface area contributed by atoms with Gasteiger partial charge in [-0.3, -0.25) is 0 Å². The molecule has 1 rings (SSSR count). The highest BCUT2D eigenvalue weighted by Gasteiger charge is 2.33. The Morgan fingerprint density at radius 2 is 2.11 bits per heavy atom. The van der Waals surface area contributed by atoms with Gasteiger partial charge in [0.1, 0.15) is 0 Å². The topological polar surface area (TPSA) is 55.1 Å². The smallest absolute Gasteiger partial charge is 0.352 e. The third-order valence-electron chi connectivity index (χ3n) is 2.59. The first kappa shape index (κ1) is 15.6. The maximum atomic E-state index is 12.6. The molecule has 0 saturated heterocycles. The fraction of sp³-hybridized carbons (Fsp3) is 0.417. The molecule has 3 N–H and O–H groups in total. The number of hydrogen-bond donors (Lipinski definition) is 2. The number of halogens is 4. The van der Waals surface area contributed by atoms with E-state index in [2.05, 4.69) is 5.32 Å². The van der Waals surface area contributed by atoms with Gasteiger partial charge < -0.3 is 11.1 Å². The van der Waals surface area contributed by atoms with Gasteiger partial charge in [0.25, 0.3) is 0 Å². The fourth-order valence-electron chi connectivity index (χ4n) is 1.76. The van der Waals surface area contributed by atoms with Crippen molar-refractivity contribution in [2.24, 2.45) is 5.73 Å². The Kier molecular flexibility index (Phi) is 5.05. The predicted octanol–water partition coefficient (Wildman–Crippen LogP) is 3.87. The Hall–Kier alpha value is -1.43. The largest absolute Gasteiger partial charge is 0.417 e. The zero-order valence-electron chi connectivity index (χ0n) is 10.2. The zero-order valence-corrected chi connectivity index (χ0v) is 11.0. The summed E-state index contributed by atoms with van der Waals surface area (Å²) in [5.41, 5.74) is 4.64. The molecule has 1 aromatic carbocycles. The van der Waals surface area contributed by atoms with Gasteiger partial charge in [-0.05, 0) is 24.1 Å². The van der Waals surface area contributed by atoms with Crippen LogP contribution in [0, 0.1) is 0 Å². The average molecular weight is 295 g/mol. The molecule has 0 saturated carbocycles. The van der Waals surface area contributed by atoms with Crippen LogP contribution in [0.3, 0.4) is 0 Å². The predicted molar refractivity (Wildman–Crippen MR) is 66.8 cm³/mol. The van der Waals surface area contributed by atoms with Gasteiger partial charge in [0.15, 0.2) is 0 Å². The molecule has 1 atom stereocenters. The lowest BCUT2D eigenvalue weighted by Crippen LogP contribution is -2.33. The second kappa shape index (κ2) is 6.14. The molecule has 19 heavy (non-hydrogen) atoms. The van der Waals surface area contributed by atoms with E-state index in [-0.39, 0.29) is 0 Å². The minimum atomic E-state index is -4.49. The summed E-state index contributed by atoms with van der Waals surface area (Å²) in [6.45, 7) is 1.89.